The Kier molecular flexibility index (Phi) is 5.26. The van der Waals surface area contributed by atoms with Crippen LogP contribution in [0.4, 0.5) is 0 Å². The number of hydrogen-bond donors (Lipinski definition) is 2. The molecule has 1 fully saturated rings. The van der Waals surface area contributed by atoms with Crippen LogP contribution in [-0.2, 0) is 4.79 Å². The fourth-order valence-electron chi connectivity index (χ4n) is 2.45. The minimum absolute atomic E-state index is 0.137. The molecule has 1 aliphatic rings. The van der Waals surface area contributed by atoms with Crippen molar-refractivity contribution in [3.63, 3.8) is 0 Å². The average molecular weight is 226 g/mol. The Morgan fingerprint density at radius 1 is 1.50 bits per heavy atom. The van der Waals surface area contributed by atoms with E-state index in [2.05, 4.69) is 31.4 Å². The van der Waals surface area contributed by atoms with Gasteiger partial charge in [0.2, 0.25) is 5.91 Å². The second-order valence-corrected chi connectivity index (χ2v) is 5.41. The maximum absolute atomic E-state index is 12.3. The Bertz CT molecular complexity index is 214. The highest BCUT2D eigenvalue weighted by Gasteiger charge is 2.38. The zero-order valence-electron chi connectivity index (χ0n) is 10.9. The van der Waals surface area contributed by atoms with Gasteiger partial charge in [0.15, 0.2) is 0 Å². The van der Waals surface area contributed by atoms with E-state index < -0.39 is 0 Å². The smallest absolute Gasteiger partial charge is 0.227 e. The third-order valence-corrected chi connectivity index (χ3v) is 3.35. The van der Waals surface area contributed by atoms with Crippen molar-refractivity contribution in [1.29, 1.82) is 0 Å². The van der Waals surface area contributed by atoms with Crippen LogP contribution < -0.4 is 10.6 Å². The van der Waals surface area contributed by atoms with Crippen LogP contribution in [0.5, 0.6) is 0 Å². The minimum Gasteiger partial charge on any atom is -0.355 e. The van der Waals surface area contributed by atoms with E-state index in [0.29, 0.717) is 5.92 Å². The molecule has 0 radical (unpaired) electrons. The van der Waals surface area contributed by atoms with Crippen LogP contribution in [-0.4, -0.2) is 25.5 Å². The normalized spacial score (nSPS) is 25.8. The second-order valence-electron chi connectivity index (χ2n) is 5.41. The number of carbonyl (C=O) groups is 1. The van der Waals surface area contributed by atoms with E-state index in [-0.39, 0.29) is 11.3 Å². The molecule has 1 amide bonds. The summed E-state index contributed by atoms with van der Waals surface area (Å²) < 4.78 is 0. The first kappa shape index (κ1) is 13.5. The summed E-state index contributed by atoms with van der Waals surface area (Å²) in [4.78, 5) is 12.3. The molecule has 1 aliphatic heterocycles. The summed E-state index contributed by atoms with van der Waals surface area (Å²) in [5, 5.41) is 6.47. The highest BCUT2D eigenvalue weighted by Crippen LogP contribution is 2.31. The first-order chi connectivity index (χ1) is 7.60. The Labute approximate surface area is 99.4 Å². The van der Waals surface area contributed by atoms with Crippen LogP contribution in [0.1, 0.15) is 46.5 Å². The average Bonchev–Trinajstić information content (AvgIpc) is 2.27. The first-order valence-electron chi connectivity index (χ1n) is 6.60. The molecule has 3 nitrogen and oxygen atoms in total. The van der Waals surface area contributed by atoms with Gasteiger partial charge in [-0.05, 0) is 31.7 Å². The lowest BCUT2D eigenvalue weighted by Crippen LogP contribution is -2.51. The van der Waals surface area contributed by atoms with E-state index in [9.17, 15) is 4.79 Å². The van der Waals surface area contributed by atoms with Gasteiger partial charge in [0, 0.05) is 13.1 Å². The number of rotatable bonds is 5. The number of carbonyl (C=O) groups excluding carboxylic acids is 1. The summed E-state index contributed by atoms with van der Waals surface area (Å²) in [5.74, 6) is 0.787. The fourth-order valence-corrected chi connectivity index (χ4v) is 2.45. The van der Waals surface area contributed by atoms with Crippen molar-refractivity contribution in [2.75, 3.05) is 19.6 Å². The van der Waals surface area contributed by atoms with Crippen molar-refractivity contribution in [1.82, 2.24) is 10.6 Å². The molecular weight excluding hydrogens is 200 g/mol. The SMILES string of the molecule is CCCC1(C(=O)NCC(C)C)CCCNC1. The van der Waals surface area contributed by atoms with Crippen LogP contribution >= 0.6 is 0 Å². The van der Waals surface area contributed by atoms with Crippen LogP contribution in [0, 0.1) is 11.3 Å². The van der Waals surface area contributed by atoms with Crippen molar-refractivity contribution in [2.45, 2.75) is 46.5 Å². The summed E-state index contributed by atoms with van der Waals surface area (Å²) >= 11 is 0. The van der Waals surface area contributed by atoms with Gasteiger partial charge in [-0.25, -0.2) is 0 Å². The Balaban J connectivity index is 2.57. The molecule has 1 unspecified atom stereocenters. The Morgan fingerprint density at radius 2 is 2.25 bits per heavy atom. The van der Waals surface area contributed by atoms with Gasteiger partial charge in [0.25, 0.3) is 0 Å². The van der Waals surface area contributed by atoms with E-state index in [0.717, 1.165) is 45.3 Å². The van der Waals surface area contributed by atoms with Crippen LogP contribution in [0.15, 0.2) is 0 Å². The molecule has 3 heteroatoms. The summed E-state index contributed by atoms with van der Waals surface area (Å²) in [6.07, 6.45) is 4.24. The molecule has 0 saturated carbocycles. The molecule has 94 valence electrons. The molecular formula is C13H26N2O. The number of hydrogen-bond acceptors (Lipinski definition) is 2. The molecule has 0 aromatic heterocycles. The minimum atomic E-state index is -0.137. The molecule has 1 atom stereocenters. The van der Waals surface area contributed by atoms with Crippen molar-refractivity contribution >= 4 is 5.91 Å². The third kappa shape index (κ3) is 3.48. The zero-order chi connectivity index (χ0) is 12.0. The maximum Gasteiger partial charge on any atom is 0.227 e. The predicted molar refractivity (Wildman–Crippen MR) is 67.3 cm³/mol. The molecule has 1 rings (SSSR count). The fraction of sp³-hybridized carbons (Fsp3) is 0.923. The molecule has 0 bridgehead atoms. The molecule has 1 heterocycles. The third-order valence-electron chi connectivity index (χ3n) is 3.35. The van der Waals surface area contributed by atoms with Gasteiger partial charge < -0.3 is 10.6 Å². The summed E-state index contributed by atoms with van der Waals surface area (Å²) in [5.41, 5.74) is -0.137. The second kappa shape index (κ2) is 6.24. The molecule has 0 aromatic rings. The van der Waals surface area contributed by atoms with Gasteiger partial charge >= 0.3 is 0 Å². The topological polar surface area (TPSA) is 41.1 Å². The van der Waals surface area contributed by atoms with Gasteiger partial charge in [-0.1, -0.05) is 27.2 Å². The summed E-state index contributed by atoms with van der Waals surface area (Å²) in [6, 6.07) is 0. The first-order valence-corrected chi connectivity index (χ1v) is 6.60. The molecule has 0 spiro atoms. The van der Waals surface area contributed by atoms with Crippen LogP contribution in [0.25, 0.3) is 0 Å². The standard InChI is InChI=1S/C13H26N2O/c1-4-6-13(7-5-8-14-10-13)12(16)15-9-11(2)3/h11,14H,4-10H2,1-3H3,(H,15,16). The van der Waals surface area contributed by atoms with Crippen molar-refractivity contribution in [3.05, 3.63) is 0 Å². The largest absolute Gasteiger partial charge is 0.355 e. The maximum atomic E-state index is 12.3. The number of amides is 1. The monoisotopic (exact) mass is 226 g/mol. The lowest BCUT2D eigenvalue weighted by atomic mass is 9.76. The highest BCUT2D eigenvalue weighted by molar-refractivity contribution is 5.83. The summed E-state index contributed by atoms with van der Waals surface area (Å²) in [6.45, 7) is 9.13. The van der Waals surface area contributed by atoms with E-state index >= 15 is 0 Å². The van der Waals surface area contributed by atoms with Gasteiger partial charge in [-0.3, -0.25) is 4.79 Å². The Hall–Kier alpha value is -0.570. The number of piperidine rings is 1. The summed E-state index contributed by atoms with van der Waals surface area (Å²) in [7, 11) is 0. The van der Waals surface area contributed by atoms with E-state index in [1.807, 2.05) is 0 Å². The molecule has 1 saturated heterocycles. The quantitative estimate of drug-likeness (QED) is 0.752. The van der Waals surface area contributed by atoms with Gasteiger partial charge in [0.1, 0.15) is 0 Å². The van der Waals surface area contributed by atoms with Gasteiger partial charge in [0.05, 0.1) is 5.41 Å². The predicted octanol–water partition coefficient (Wildman–Crippen LogP) is 1.93. The Morgan fingerprint density at radius 3 is 2.75 bits per heavy atom. The number of nitrogens with one attached hydrogen (secondary N) is 2. The van der Waals surface area contributed by atoms with E-state index in [1.165, 1.54) is 0 Å². The molecule has 16 heavy (non-hydrogen) atoms. The zero-order valence-corrected chi connectivity index (χ0v) is 10.9. The van der Waals surface area contributed by atoms with Crippen molar-refractivity contribution < 1.29 is 4.79 Å². The van der Waals surface area contributed by atoms with E-state index in [4.69, 9.17) is 0 Å². The van der Waals surface area contributed by atoms with Crippen LogP contribution in [0.2, 0.25) is 0 Å². The molecule has 2 N–H and O–H groups in total. The van der Waals surface area contributed by atoms with E-state index in [1.54, 1.807) is 0 Å². The highest BCUT2D eigenvalue weighted by atomic mass is 16.2. The molecule has 0 aromatic carbocycles. The van der Waals surface area contributed by atoms with Gasteiger partial charge in [-0.2, -0.15) is 0 Å². The molecule has 0 aliphatic carbocycles. The van der Waals surface area contributed by atoms with Crippen molar-refractivity contribution in [3.8, 4) is 0 Å². The van der Waals surface area contributed by atoms with Crippen LogP contribution in [0.3, 0.4) is 0 Å². The van der Waals surface area contributed by atoms with Gasteiger partial charge in [-0.15, -0.1) is 0 Å². The lowest BCUT2D eigenvalue weighted by Gasteiger charge is -2.36. The van der Waals surface area contributed by atoms with Crippen molar-refractivity contribution in [2.24, 2.45) is 11.3 Å². The lowest BCUT2D eigenvalue weighted by molar-refractivity contribution is -0.132.